The number of thioether (sulfide) groups is 1. The number of carbonyl (C=O) groups is 1. The third kappa shape index (κ3) is 4.14. The molecule has 6 nitrogen and oxygen atoms in total. The second-order valence-electron chi connectivity index (χ2n) is 7.64. The fourth-order valence-electron chi connectivity index (χ4n) is 3.86. The van der Waals surface area contributed by atoms with Gasteiger partial charge in [-0.1, -0.05) is 32.5 Å². The van der Waals surface area contributed by atoms with Crippen LogP contribution >= 0.6 is 23.1 Å². The lowest BCUT2D eigenvalue weighted by molar-refractivity contribution is -0.131. The molecule has 1 atom stereocenters. The number of amides is 1. The van der Waals surface area contributed by atoms with Crippen LogP contribution in [0.5, 0.6) is 0 Å². The zero-order valence-electron chi connectivity index (χ0n) is 17.0. The molecule has 0 bridgehead atoms. The molecule has 0 spiro atoms. The Bertz CT molecular complexity index is 961. The maximum atomic E-state index is 13.1. The largest absolute Gasteiger partial charge is 0.461 e. The molecule has 0 saturated heterocycles. The van der Waals surface area contributed by atoms with Gasteiger partial charge in [0.05, 0.1) is 18.1 Å². The molecule has 29 heavy (non-hydrogen) atoms. The molecule has 0 saturated carbocycles. The first kappa shape index (κ1) is 20.2. The molecule has 154 valence electrons. The van der Waals surface area contributed by atoms with Crippen molar-refractivity contribution in [2.45, 2.75) is 51.4 Å². The van der Waals surface area contributed by atoms with Crippen molar-refractivity contribution in [1.29, 1.82) is 0 Å². The van der Waals surface area contributed by atoms with E-state index in [1.165, 1.54) is 22.2 Å². The summed E-state index contributed by atoms with van der Waals surface area (Å²) in [6.07, 6.45) is 3.53. The predicted molar refractivity (Wildman–Crippen MR) is 116 cm³/mol. The molecule has 8 heteroatoms. The summed E-state index contributed by atoms with van der Waals surface area (Å²) in [5.74, 6) is 2.37. The topological polar surface area (TPSA) is 64.2 Å². The van der Waals surface area contributed by atoms with Crippen LogP contribution in [-0.2, 0) is 17.8 Å². The van der Waals surface area contributed by atoms with E-state index >= 15 is 0 Å². The highest BCUT2D eigenvalue weighted by Crippen LogP contribution is 2.36. The molecular weight excluding hydrogens is 404 g/mol. The summed E-state index contributed by atoms with van der Waals surface area (Å²) in [6.45, 7) is 8.04. The fraction of sp³-hybridized carbons (Fsp3) is 0.476. The smallest absolute Gasteiger partial charge is 0.233 e. The lowest BCUT2D eigenvalue weighted by atomic mass is 9.98. The van der Waals surface area contributed by atoms with E-state index in [9.17, 15) is 4.79 Å². The van der Waals surface area contributed by atoms with Gasteiger partial charge < -0.3 is 9.32 Å². The Morgan fingerprint density at radius 2 is 2.24 bits per heavy atom. The minimum atomic E-state index is 0.164. The van der Waals surface area contributed by atoms with Gasteiger partial charge in [-0.05, 0) is 47.9 Å². The standard InChI is InChI=1S/C21H26N4O2S2/c1-4-16-15-8-11-28-18(15)7-9-24(16)19(26)13-29-21-23-22-20(17-6-5-10-27-17)25(21)12-14(2)3/h5-6,8,10-11,14,16H,4,7,9,12-13H2,1-3H3. The molecule has 0 radical (unpaired) electrons. The summed E-state index contributed by atoms with van der Waals surface area (Å²) >= 11 is 3.27. The second-order valence-corrected chi connectivity index (χ2v) is 9.58. The van der Waals surface area contributed by atoms with Crippen LogP contribution in [0.3, 0.4) is 0 Å². The zero-order chi connectivity index (χ0) is 20.4. The van der Waals surface area contributed by atoms with Crippen molar-refractivity contribution in [3.8, 4) is 11.6 Å². The van der Waals surface area contributed by atoms with Crippen molar-refractivity contribution in [3.05, 3.63) is 40.3 Å². The summed E-state index contributed by atoms with van der Waals surface area (Å²) in [7, 11) is 0. The molecule has 4 heterocycles. The van der Waals surface area contributed by atoms with Gasteiger partial charge in [-0.2, -0.15) is 0 Å². The summed E-state index contributed by atoms with van der Waals surface area (Å²) in [6, 6.07) is 6.10. The highest BCUT2D eigenvalue weighted by Gasteiger charge is 2.30. The molecule has 0 fully saturated rings. The van der Waals surface area contributed by atoms with E-state index in [4.69, 9.17) is 4.42 Å². The van der Waals surface area contributed by atoms with Crippen LogP contribution in [0, 0.1) is 5.92 Å². The van der Waals surface area contributed by atoms with Crippen LogP contribution in [0.1, 0.15) is 43.7 Å². The van der Waals surface area contributed by atoms with Crippen LogP contribution in [0.15, 0.2) is 39.4 Å². The van der Waals surface area contributed by atoms with Gasteiger partial charge in [-0.3, -0.25) is 9.36 Å². The van der Waals surface area contributed by atoms with Gasteiger partial charge in [-0.15, -0.1) is 21.5 Å². The van der Waals surface area contributed by atoms with Crippen molar-refractivity contribution in [2.24, 2.45) is 5.92 Å². The average molecular weight is 431 g/mol. The van der Waals surface area contributed by atoms with Crippen LogP contribution in [0.25, 0.3) is 11.6 Å². The van der Waals surface area contributed by atoms with Gasteiger partial charge >= 0.3 is 0 Å². The number of rotatable bonds is 7. The number of fused-ring (bicyclic) bond motifs is 1. The number of hydrogen-bond acceptors (Lipinski definition) is 6. The van der Waals surface area contributed by atoms with E-state index in [0.29, 0.717) is 23.3 Å². The van der Waals surface area contributed by atoms with Crippen molar-refractivity contribution in [2.75, 3.05) is 12.3 Å². The molecule has 4 rings (SSSR count). The first-order chi connectivity index (χ1) is 14.1. The van der Waals surface area contributed by atoms with Gasteiger partial charge in [0.25, 0.3) is 0 Å². The Labute approximate surface area is 179 Å². The molecule has 1 aliphatic rings. The predicted octanol–water partition coefficient (Wildman–Crippen LogP) is 4.88. The first-order valence-electron chi connectivity index (χ1n) is 10.0. The molecule has 1 amide bonds. The monoisotopic (exact) mass is 430 g/mol. The van der Waals surface area contributed by atoms with Crippen molar-refractivity contribution in [1.82, 2.24) is 19.7 Å². The Hall–Kier alpha value is -2.06. The van der Waals surface area contributed by atoms with Crippen LogP contribution < -0.4 is 0 Å². The Balaban J connectivity index is 1.49. The van der Waals surface area contributed by atoms with Gasteiger partial charge in [0.15, 0.2) is 16.7 Å². The SMILES string of the molecule is CCC1c2ccsc2CCN1C(=O)CSc1nnc(-c2ccco2)n1CC(C)C. The summed E-state index contributed by atoms with van der Waals surface area (Å²) in [5.41, 5.74) is 1.32. The van der Waals surface area contributed by atoms with Gasteiger partial charge in [0.1, 0.15) is 0 Å². The summed E-state index contributed by atoms with van der Waals surface area (Å²) < 4.78 is 7.58. The van der Waals surface area contributed by atoms with Crippen LogP contribution in [-0.4, -0.2) is 37.9 Å². The zero-order valence-corrected chi connectivity index (χ0v) is 18.6. The maximum Gasteiger partial charge on any atom is 0.233 e. The van der Waals surface area contributed by atoms with E-state index in [-0.39, 0.29) is 11.9 Å². The number of furan rings is 1. The van der Waals surface area contributed by atoms with E-state index in [0.717, 1.165) is 31.1 Å². The van der Waals surface area contributed by atoms with E-state index in [1.54, 1.807) is 17.6 Å². The summed E-state index contributed by atoms with van der Waals surface area (Å²) in [4.78, 5) is 16.5. The molecular formula is C21H26N4O2S2. The molecule has 0 aliphatic carbocycles. The molecule has 3 aromatic heterocycles. The van der Waals surface area contributed by atoms with Gasteiger partial charge in [0.2, 0.25) is 5.91 Å². The van der Waals surface area contributed by atoms with E-state index in [2.05, 4.69) is 47.0 Å². The molecule has 0 aromatic carbocycles. The van der Waals surface area contributed by atoms with E-state index in [1.807, 2.05) is 17.0 Å². The van der Waals surface area contributed by atoms with Gasteiger partial charge in [-0.25, -0.2) is 0 Å². The minimum absolute atomic E-state index is 0.164. The molecule has 0 N–H and O–H groups in total. The number of nitrogens with zero attached hydrogens (tertiary/aromatic N) is 4. The highest BCUT2D eigenvalue weighted by atomic mass is 32.2. The number of hydrogen-bond donors (Lipinski definition) is 0. The lowest BCUT2D eigenvalue weighted by Gasteiger charge is -2.35. The van der Waals surface area contributed by atoms with Gasteiger partial charge in [0, 0.05) is 18.0 Å². The maximum absolute atomic E-state index is 13.1. The fourth-order valence-corrected chi connectivity index (χ4v) is 5.62. The van der Waals surface area contributed by atoms with Crippen molar-refractivity contribution >= 4 is 29.0 Å². The first-order valence-corrected chi connectivity index (χ1v) is 11.9. The lowest BCUT2D eigenvalue weighted by Crippen LogP contribution is -2.40. The quantitative estimate of drug-likeness (QED) is 0.500. The highest BCUT2D eigenvalue weighted by molar-refractivity contribution is 7.99. The number of aromatic nitrogens is 3. The minimum Gasteiger partial charge on any atom is -0.461 e. The van der Waals surface area contributed by atoms with Crippen LogP contribution in [0.2, 0.25) is 0 Å². The molecule has 3 aromatic rings. The normalized spacial score (nSPS) is 16.4. The van der Waals surface area contributed by atoms with Crippen LogP contribution in [0.4, 0.5) is 0 Å². The third-order valence-corrected chi connectivity index (χ3v) is 7.08. The van der Waals surface area contributed by atoms with Crippen molar-refractivity contribution < 1.29 is 9.21 Å². The Morgan fingerprint density at radius 1 is 1.38 bits per heavy atom. The Morgan fingerprint density at radius 3 is 2.97 bits per heavy atom. The third-order valence-electron chi connectivity index (χ3n) is 5.13. The average Bonchev–Trinajstić information content (AvgIpc) is 3.45. The second kappa shape index (κ2) is 8.75. The molecule has 1 unspecified atom stereocenters. The van der Waals surface area contributed by atoms with E-state index < -0.39 is 0 Å². The summed E-state index contributed by atoms with van der Waals surface area (Å²) in [5, 5.41) is 11.6. The van der Waals surface area contributed by atoms with Crippen molar-refractivity contribution in [3.63, 3.8) is 0 Å². The molecule has 1 aliphatic heterocycles. The number of carbonyl (C=O) groups excluding carboxylic acids is 1. The Kier molecular flexibility index (Phi) is 6.10. The number of thiophene rings is 1.